The van der Waals surface area contributed by atoms with Gasteiger partial charge in [0.15, 0.2) is 16.6 Å². The number of hydrogen-bond acceptors (Lipinski definition) is 5. The summed E-state index contributed by atoms with van der Waals surface area (Å²) in [4.78, 5) is 24.5. The quantitative estimate of drug-likeness (QED) is 0.527. The molecule has 28 heavy (non-hydrogen) atoms. The molecular formula is C20H23N3O4S. The van der Waals surface area contributed by atoms with E-state index in [4.69, 9.17) is 21.7 Å². The van der Waals surface area contributed by atoms with Crippen LogP contribution >= 0.6 is 12.2 Å². The van der Waals surface area contributed by atoms with Crippen LogP contribution in [0.1, 0.15) is 46.0 Å². The third-order valence-electron chi connectivity index (χ3n) is 4.00. The maximum Gasteiger partial charge on any atom is 0.269 e. The Balaban J connectivity index is 1.91. The normalized spacial score (nSPS) is 10.2. The summed E-state index contributed by atoms with van der Waals surface area (Å²) in [6.07, 6.45) is 0. The highest BCUT2D eigenvalue weighted by Gasteiger charge is 2.12. The van der Waals surface area contributed by atoms with Gasteiger partial charge in [-0.1, -0.05) is 26.0 Å². The number of carbonyl (C=O) groups is 2. The molecule has 0 bridgehead atoms. The van der Waals surface area contributed by atoms with Gasteiger partial charge in [0.2, 0.25) is 0 Å². The molecule has 148 valence electrons. The molecule has 0 aliphatic rings. The van der Waals surface area contributed by atoms with Crippen molar-refractivity contribution in [3.05, 3.63) is 59.2 Å². The smallest absolute Gasteiger partial charge is 0.269 e. The average molecular weight is 401 g/mol. The first-order chi connectivity index (χ1) is 13.3. The van der Waals surface area contributed by atoms with Crippen LogP contribution < -0.4 is 25.6 Å². The summed E-state index contributed by atoms with van der Waals surface area (Å²) in [5.74, 6) is 0.507. The maximum absolute atomic E-state index is 12.2. The fourth-order valence-electron chi connectivity index (χ4n) is 2.39. The number of hydrazine groups is 1. The molecule has 0 atom stereocenters. The molecule has 0 fully saturated rings. The van der Waals surface area contributed by atoms with Crippen molar-refractivity contribution in [2.24, 2.45) is 0 Å². The van der Waals surface area contributed by atoms with E-state index in [0.717, 1.165) is 5.56 Å². The Morgan fingerprint density at radius 2 is 1.46 bits per heavy atom. The summed E-state index contributed by atoms with van der Waals surface area (Å²) in [5, 5.41) is 2.49. The molecule has 0 radical (unpaired) electrons. The zero-order valence-corrected chi connectivity index (χ0v) is 17.0. The third-order valence-corrected chi connectivity index (χ3v) is 4.21. The van der Waals surface area contributed by atoms with E-state index in [1.54, 1.807) is 24.3 Å². The lowest BCUT2D eigenvalue weighted by Crippen LogP contribution is -2.48. The van der Waals surface area contributed by atoms with Gasteiger partial charge in [-0.05, 0) is 54.0 Å². The monoisotopic (exact) mass is 401 g/mol. The van der Waals surface area contributed by atoms with Crippen molar-refractivity contribution < 1.29 is 19.1 Å². The molecule has 8 heteroatoms. The Kier molecular flexibility index (Phi) is 7.34. The number of amides is 2. The van der Waals surface area contributed by atoms with Crippen LogP contribution in [0.5, 0.6) is 11.5 Å². The number of hydrogen-bond donors (Lipinski definition) is 3. The topological polar surface area (TPSA) is 88.7 Å². The van der Waals surface area contributed by atoms with E-state index in [1.807, 2.05) is 12.1 Å². The highest BCUT2D eigenvalue weighted by Crippen LogP contribution is 2.27. The minimum absolute atomic E-state index is 0.0215. The van der Waals surface area contributed by atoms with Crippen molar-refractivity contribution >= 4 is 29.1 Å². The van der Waals surface area contributed by atoms with Gasteiger partial charge in [0.25, 0.3) is 11.8 Å². The fourth-order valence-corrected chi connectivity index (χ4v) is 2.53. The van der Waals surface area contributed by atoms with E-state index in [9.17, 15) is 9.59 Å². The molecule has 2 rings (SSSR count). The van der Waals surface area contributed by atoms with Gasteiger partial charge in [-0.3, -0.25) is 25.8 Å². The van der Waals surface area contributed by atoms with Crippen LogP contribution in [-0.4, -0.2) is 31.1 Å². The van der Waals surface area contributed by atoms with Crippen LogP contribution in [0.2, 0.25) is 0 Å². The summed E-state index contributed by atoms with van der Waals surface area (Å²) in [6, 6.07) is 12.0. The Labute approximate surface area is 169 Å². The Morgan fingerprint density at radius 3 is 2.04 bits per heavy atom. The molecule has 0 aromatic heterocycles. The lowest BCUT2D eigenvalue weighted by Gasteiger charge is -2.12. The molecule has 0 saturated carbocycles. The molecule has 0 aliphatic carbocycles. The zero-order valence-electron chi connectivity index (χ0n) is 16.2. The minimum Gasteiger partial charge on any atom is -0.493 e. The van der Waals surface area contributed by atoms with Gasteiger partial charge in [0, 0.05) is 11.1 Å². The SMILES string of the molecule is COc1ccc(C(=O)NNC(=S)NC(=O)c2ccc(C(C)C)cc2)cc1OC. The predicted octanol–water partition coefficient (Wildman–Crippen LogP) is 2.78. The maximum atomic E-state index is 12.2. The molecule has 0 aliphatic heterocycles. The molecule has 7 nitrogen and oxygen atoms in total. The lowest BCUT2D eigenvalue weighted by molar-refractivity contribution is 0.0934. The van der Waals surface area contributed by atoms with Crippen LogP contribution in [0.15, 0.2) is 42.5 Å². The van der Waals surface area contributed by atoms with Crippen molar-refractivity contribution in [1.82, 2.24) is 16.2 Å². The van der Waals surface area contributed by atoms with Crippen molar-refractivity contribution in [2.45, 2.75) is 19.8 Å². The van der Waals surface area contributed by atoms with Crippen LogP contribution in [0.4, 0.5) is 0 Å². The van der Waals surface area contributed by atoms with Crippen molar-refractivity contribution in [3.63, 3.8) is 0 Å². The Hall–Kier alpha value is -3.13. The van der Waals surface area contributed by atoms with E-state index < -0.39 is 5.91 Å². The first-order valence-corrected chi connectivity index (χ1v) is 9.00. The molecule has 0 spiro atoms. The van der Waals surface area contributed by atoms with Gasteiger partial charge in [-0.25, -0.2) is 0 Å². The molecule has 0 saturated heterocycles. The number of carbonyl (C=O) groups excluding carboxylic acids is 2. The summed E-state index contributed by atoms with van der Waals surface area (Å²) in [7, 11) is 2.99. The molecule has 0 heterocycles. The Bertz CT molecular complexity index is 866. The first-order valence-electron chi connectivity index (χ1n) is 8.59. The zero-order chi connectivity index (χ0) is 20.7. The number of rotatable bonds is 5. The van der Waals surface area contributed by atoms with Gasteiger partial charge in [0.05, 0.1) is 14.2 Å². The van der Waals surface area contributed by atoms with Crippen LogP contribution in [0.25, 0.3) is 0 Å². The van der Waals surface area contributed by atoms with Crippen LogP contribution in [0, 0.1) is 0 Å². The molecular weight excluding hydrogens is 378 g/mol. The standard InChI is InChI=1S/C20H23N3O4S/c1-12(2)13-5-7-14(8-6-13)18(24)21-20(28)23-22-19(25)15-9-10-16(26-3)17(11-15)27-4/h5-12H,1-4H3,(H,22,25)(H2,21,23,24,28). The van der Waals surface area contributed by atoms with Gasteiger partial charge in [-0.15, -0.1) is 0 Å². The van der Waals surface area contributed by atoms with E-state index in [2.05, 4.69) is 30.0 Å². The third kappa shape index (κ3) is 5.43. The fraction of sp³-hybridized carbons (Fsp3) is 0.250. The van der Waals surface area contributed by atoms with Crippen molar-refractivity contribution in [1.29, 1.82) is 0 Å². The molecule has 2 aromatic rings. The molecule has 2 amide bonds. The van der Waals surface area contributed by atoms with E-state index in [-0.39, 0.29) is 11.0 Å². The largest absolute Gasteiger partial charge is 0.493 e. The average Bonchev–Trinajstić information content (AvgIpc) is 2.71. The van der Waals surface area contributed by atoms with Crippen molar-refractivity contribution in [2.75, 3.05) is 14.2 Å². The number of nitrogens with one attached hydrogen (secondary N) is 3. The minimum atomic E-state index is -0.446. The van der Waals surface area contributed by atoms with Gasteiger partial charge in [-0.2, -0.15) is 0 Å². The predicted molar refractivity (Wildman–Crippen MR) is 111 cm³/mol. The molecule has 2 aromatic carbocycles. The van der Waals surface area contributed by atoms with E-state index in [1.165, 1.54) is 20.3 Å². The van der Waals surface area contributed by atoms with Crippen molar-refractivity contribution in [3.8, 4) is 11.5 Å². The molecule has 3 N–H and O–H groups in total. The highest BCUT2D eigenvalue weighted by atomic mass is 32.1. The van der Waals surface area contributed by atoms with Gasteiger partial charge < -0.3 is 9.47 Å². The number of ether oxygens (including phenoxy) is 2. The van der Waals surface area contributed by atoms with E-state index >= 15 is 0 Å². The number of benzene rings is 2. The first kappa shape index (κ1) is 21.2. The second-order valence-electron chi connectivity index (χ2n) is 6.21. The van der Waals surface area contributed by atoms with Gasteiger partial charge in [0.1, 0.15) is 0 Å². The van der Waals surface area contributed by atoms with E-state index in [0.29, 0.717) is 28.5 Å². The summed E-state index contributed by atoms with van der Waals surface area (Å²) in [5.41, 5.74) is 6.88. The summed E-state index contributed by atoms with van der Waals surface area (Å²) < 4.78 is 10.3. The highest BCUT2D eigenvalue weighted by molar-refractivity contribution is 7.80. The van der Waals surface area contributed by atoms with Gasteiger partial charge >= 0.3 is 0 Å². The molecule has 0 unspecified atom stereocenters. The van der Waals surface area contributed by atoms with Crippen LogP contribution in [0.3, 0.4) is 0 Å². The number of methoxy groups -OCH3 is 2. The summed E-state index contributed by atoms with van der Waals surface area (Å²) in [6.45, 7) is 4.16. The lowest BCUT2D eigenvalue weighted by atomic mass is 10.0. The van der Waals surface area contributed by atoms with Crippen LogP contribution in [-0.2, 0) is 0 Å². The second-order valence-corrected chi connectivity index (χ2v) is 6.62. The second kappa shape index (κ2) is 9.70. The Morgan fingerprint density at radius 1 is 0.857 bits per heavy atom. The number of thiocarbonyl (C=S) groups is 1. The summed E-state index contributed by atoms with van der Waals surface area (Å²) >= 11 is 5.05.